The summed E-state index contributed by atoms with van der Waals surface area (Å²) in [6.45, 7) is 7.04. The van der Waals surface area contributed by atoms with E-state index in [1.54, 1.807) is 6.92 Å². The summed E-state index contributed by atoms with van der Waals surface area (Å²) in [6.07, 6.45) is 0. The second kappa shape index (κ2) is 10.4. The lowest BCUT2D eigenvalue weighted by atomic mass is 9.95. The third kappa shape index (κ3) is 5.26. The van der Waals surface area contributed by atoms with E-state index in [-0.39, 0.29) is 19.4 Å². The van der Waals surface area contributed by atoms with Gasteiger partial charge in [-0.1, -0.05) is 36.4 Å². The van der Waals surface area contributed by atoms with Crippen molar-refractivity contribution in [2.24, 2.45) is 0 Å². The van der Waals surface area contributed by atoms with Crippen LogP contribution < -0.4 is 20.1 Å². The molecule has 0 spiro atoms. The summed E-state index contributed by atoms with van der Waals surface area (Å²) in [7, 11) is 0. The summed E-state index contributed by atoms with van der Waals surface area (Å²) in [5.41, 5.74) is 3.09. The Kier molecular flexibility index (Phi) is 6.87. The summed E-state index contributed by atoms with van der Waals surface area (Å²) >= 11 is 0. The van der Waals surface area contributed by atoms with Gasteiger partial charge in [0.1, 0.15) is 0 Å². The minimum Gasteiger partial charge on any atom is -0.463 e. The molecule has 5 rings (SSSR count). The first-order chi connectivity index (χ1) is 17.1. The Balaban J connectivity index is 1.27. The highest BCUT2D eigenvalue weighted by Crippen LogP contribution is 2.33. The van der Waals surface area contributed by atoms with Crippen LogP contribution in [0.5, 0.6) is 11.5 Å². The summed E-state index contributed by atoms with van der Waals surface area (Å²) in [4.78, 5) is 30.1. The lowest BCUT2D eigenvalue weighted by Crippen LogP contribution is -2.51. The lowest BCUT2D eigenvalue weighted by molar-refractivity contribution is -0.139. The third-order valence-corrected chi connectivity index (χ3v) is 6.47. The number of amides is 2. The van der Waals surface area contributed by atoms with E-state index in [9.17, 15) is 9.59 Å². The van der Waals surface area contributed by atoms with E-state index in [0.29, 0.717) is 17.8 Å². The molecule has 2 aromatic carbocycles. The maximum absolute atomic E-state index is 13.0. The van der Waals surface area contributed by atoms with Gasteiger partial charge in [0.05, 0.1) is 18.2 Å². The van der Waals surface area contributed by atoms with Crippen molar-refractivity contribution < 1.29 is 23.8 Å². The molecule has 3 aliphatic heterocycles. The number of carbonyl (C=O) groups is 2. The number of piperazine rings is 1. The normalized spacial score (nSPS) is 20.4. The highest BCUT2D eigenvalue weighted by atomic mass is 16.7. The van der Waals surface area contributed by atoms with Gasteiger partial charge in [0.2, 0.25) is 6.79 Å². The molecule has 0 radical (unpaired) electrons. The zero-order valence-electron chi connectivity index (χ0n) is 19.8. The predicted molar refractivity (Wildman–Crippen MR) is 129 cm³/mol. The van der Waals surface area contributed by atoms with Crippen molar-refractivity contribution in [2.75, 3.05) is 46.1 Å². The van der Waals surface area contributed by atoms with Crippen LogP contribution >= 0.6 is 0 Å². The first kappa shape index (κ1) is 23.2. The summed E-state index contributed by atoms with van der Waals surface area (Å²) < 4.78 is 16.3. The second-order valence-corrected chi connectivity index (χ2v) is 8.79. The number of hydrogen-bond acceptors (Lipinski definition) is 7. The summed E-state index contributed by atoms with van der Waals surface area (Å²) in [5, 5.41) is 5.76. The fraction of sp³-hybridized carbons (Fsp3) is 0.385. The summed E-state index contributed by atoms with van der Waals surface area (Å²) in [6, 6.07) is 14.7. The second-order valence-electron chi connectivity index (χ2n) is 8.79. The van der Waals surface area contributed by atoms with Crippen LogP contribution in [-0.2, 0) is 16.1 Å². The number of esters is 1. The van der Waals surface area contributed by atoms with Crippen LogP contribution in [0.15, 0.2) is 59.8 Å². The SMILES string of the molecule is CCOC(=O)C1=C(CN2CCN(Cc3ccc4c(c3)OCO4)CC2)NC(=O)N[C@@H]1c1ccccc1. The van der Waals surface area contributed by atoms with E-state index in [1.807, 2.05) is 42.5 Å². The van der Waals surface area contributed by atoms with Crippen LogP contribution in [0.3, 0.4) is 0 Å². The van der Waals surface area contributed by atoms with E-state index in [2.05, 4.69) is 26.5 Å². The van der Waals surface area contributed by atoms with Gasteiger partial charge in [0.25, 0.3) is 0 Å². The van der Waals surface area contributed by atoms with E-state index >= 15 is 0 Å². The number of carbonyl (C=O) groups excluding carboxylic acids is 2. The van der Waals surface area contributed by atoms with Crippen LogP contribution in [0.4, 0.5) is 4.79 Å². The topological polar surface area (TPSA) is 92.4 Å². The molecule has 2 amide bonds. The molecule has 0 saturated carbocycles. The van der Waals surface area contributed by atoms with Gasteiger partial charge in [0.15, 0.2) is 11.5 Å². The predicted octanol–water partition coefficient (Wildman–Crippen LogP) is 2.40. The average Bonchev–Trinajstić information content (AvgIpc) is 3.33. The summed E-state index contributed by atoms with van der Waals surface area (Å²) in [5.74, 6) is 1.18. The van der Waals surface area contributed by atoms with Crippen molar-refractivity contribution >= 4 is 12.0 Å². The Labute approximate surface area is 204 Å². The highest BCUT2D eigenvalue weighted by molar-refractivity contribution is 5.95. The number of benzene rings is 2. The molecule has 1 atom stereocenters. The standard InChI is InChI=1S/C26H30N4O5/c1-2-33-25(31)23-20(27-26(32)28-24(23)19-6-4-3-5-7-19)16-30-12-10-29(11-13-30)15-18-8-9-21-22(14-18)35-17-34-21/h3-9,14,24H,2,10-13,15-17H2,1H3,(H2,27,28,32)/t24-/m1/s1. The Morgan fingerprint density at radius 2 is 1.71 bits per heavy atom. The maximum Gasteiger partial charge on any atom is 0.338 e. The van der Waals surface area contributed by atoms with Crippen molar-refractivity contribution in [3.05, 3.63) is 70.9 Å². The molecular weight excluding hydrogens is 448 g/mol. The van der Waals surface area contributed by atoms with Gasteiger partial charge in [-0.25, -0.2) is 9.59 Å². The molecule has 2 N–H and O–H groups in total. The van der Waals surface area contributed by atoms with Crippen molar-refractivity contribution in [3.63, 3.8) is 0 Å². The smallest absolute Gasteiger partial charge is 0.338 e. The zero-order valence-corrected chi connectivity index (χ0v) is 19.8. The number of nitrogens with one attached hydrogen (secondary N) is 2. The van der Waals surface area contributed by atoms with Crippen LogP contribution in [0.2, 0.25) is 0 Å². The Morgan fingerprint density at radius 1 is 1.00 bits per heavy atom. The molecule has 3 heterocycles. The van der Waals surface area contributed by atoms with Gasteiger partial charge in [0, 0.05) is 45.0 Å². The quantitative estimate of drug-likeness (QED) is 0.591. The largest absolute Gasteiger partial charge is 0.463 e. The average molecular weight is 479 g/mol. The molecule has 0 bridgehead atoms. The molecule has 0 aromatic heterocycles. The Bertz CT molecular complexity index is 1110. The number of fused-ring (bicyclic) bond motifs is 1. The molecule has 2 aromatic rings. The van der Waals surface area contributed by atoms with E-state index in [0.717, 1.165) is 49.8 Å². The van der Waals surface area contributed by atoms with Crippen LogP contribution in [0.1, 0.15) is 24.1 Å². The van der Waals surface area contributed by atoms with Crippen LogP contribution in [-0.4, -0.2) is 67.9 Å². The fourth-order valence-corrected chi connectivity index (χ4v) is 4.71. The minimum absolute atomic E-state index is 0.267. The number of rotatable bonds is 7. The number of nitrogens with zero attached hydrogens (tertiary/aromatic N) is 2. The molecule has 9 nitrogen and oxygen atoms in total. The van der Waals surface area contributed by atoms with Crippen molar-refractivity contribution in [1.82, 2.24) is 20.4 Å². The number of hydrogen-bond donors (Lipinski definition) is 2. The molecule has 0 aliphatic carbocycles. The zero-order chi connectivity index (χ0) is 24.2. The molecule has 3 aliphatic rings. The first-order valence-electron chi connectivity index (χ1n) is 12.0. The monoisotopic (exact) mass is 478 g/mol. The van der Waals surface area contributed by atoms with Gasteiger partial charge in [-0.15, -0.1) is 0 Å². The van der Waals surface area contributed by atoms with Crippen molar-refractivity contribution in [2.45, 2.75) is 19.5 Å². The van der Waals surface area contributed by atoms with Gasteiger partial charge >= 0.3 is 12.0 Å². The minimum atomic E-state index is -0.550. The highest BCUT2D eigenvalue weighted by Gasteiger charge is 2.34. The van der Waals surface area contributed by atoms with E-state index in [1.165, 1.54) is 5.56 Å². The number of ether oxygens (including phenoxy) is 3. The van der Waals surface area contributed by atoms with Crippen LogP contribution in [0, 0.1) is 0 Å². The molecule has 1 fully saturated rings. The molecule has 184 valence electrons. The van der Waals surface area contributed by atoms with Gasteiger partial charge in [-0.2, -0.15) is 0 Å². The van der Waals surface area contributed by atoms with E-state index < -0.39 is 12.0 Å². The van der Waals surface area contributed by atoms with Crippen molar-refractivity contribution in [3.8, 4) is 11.5 Å². The Hall–Kier alpha value is -3.56. The molecule has 9 heteroatoms. The maximum atomic E-state index is 13.0. The molecular formula is C26H30N4O5. The third-order valence-electron chi connectivity index (χ3n) is 6.47. The Morgan fingerprint density at radius 3 is 2.46 bits per heavy atom. The molecule has 0 unspecified atom stereocenters. The van der Waals surface area contributed by atoms with Crippen molar-refractivity contribution in [1.29, 1.82) is 0 Å². The van der Waals surface area contributed by atoms with Gasteiger partial charge < -0.3 is 24.8 Å². The number of urea groups is 1. The molecule has 1 saturated heterocycles. The first-order valence-corrected chi connectivity index (χ1v) is 12.0. The van der Waals surface area contributed by atoms with Crippen LogP contribution in [0.25, 0.3) is 0 Å². The lowest BCUT2D eigenvalue weighted by Gasteiger charge is -2.37. The van der Waals surface area contributed by atoms with Gasteiger partial charge in [-0.3, -0.25) is 9.80 Å². The molecule has 35 heavy (non-hydrogen) atoms. The fourth-order valence-electron chi connectivity index (χ4n) is 4.71. The van der Waals surface area contributed by atoms with E-state index in [4.69, 9.17) is 14.2 Å². The van der Waals surface area contributed by atoms with Gasteiger partial charge in [-0.05, 0) is 30.2 Å².